The van der Waals surface area contributed by atoms with Crippen molar-refractivity contribution in [3.05, 3.63) is 59.7 Å². The zero-order chi connectivity index (χ0) is 19.9. The number of amides is 1. The second kappa shape index (κ2) is 11.0. The Bertz CT molecular complexity index is 720. The van der Waals surface area contributed by atoms with Gasteiger partial charge in [-0.1, -0.05) is 24.3 Å². The van der Waals surface area contributed by atoms with Gasteiger partial charge in [-0.3, -0.25) is 9.69 Å². The number of halogens is 1. The summed E-state index contributed by atoms with van der Waals surface area (Å²) in [5.74, 6) is 1.60. The average Bonchev–Trinajstić information content (AvgIpc) is 2.74. The van der Waals surface area contributed by atoms with Crippen molar-refractivity contribution < 1.29 is 14.3 Å². The molecular weight excluding hydrogens is 390 g/mol. The second-order valence-corrected chi connectivity index (χ2v) is 7.07. The molecule has 158 valence electrons. The highest BCUT2D eigenvalue weighted by Gasteiger charge is 2.23. The summed E-state index contributed by atoms with van der Waals surface area (Å²) >= 11 is 0. The van der Waals surface area contributed by atoms with Gasteiger partial charge in [0.05, 0.1) is 26.8 Å². The molecule has 1 aliphatic rings. The first-order valence-electron chi connectivity index (χ1n) is 9.62. The van der Waals surface area contributed by atoms with Gasteiger partial charge in [0, 0.05) is 25.7 Å². The van der Waals surface area contributed by atoms with Crippen LogP contribution in [0.4, 0.5) is 0 Å². The molecule has 0 saturated carbocycles. The lowest BCUT2D eigenvalue weighted by molar-refractivity contribution is -0.123. The third-order valence-electron chi connectivity index (χ3n) is 5.19. The molecule has 3 rings (SSSR count). The van der Waals surface area contributed by atoms with Gasteiger partial charge in [0.2, 0.25) is 5.91 Å². The minimum absolute atomic E-state index is 0. The van der Waals surface area contributed by atoms with Crippen LogP contribution in [-0.4, -0.2) is 57.2 Å². The molecule has 1 amide bonds. The smallest absolute Gasteiger partial charge is 0.234 e. The van der Waals surface area contributed by atoms with E-state index in [9.17, 15) is 4.79 Å². The number of rotatable bonds is 7. The topological polar surface area (TPSA) is 62.8 Å². The molecule has 0 radical (unpaired) electrons. The normalized spacial score (nSPS) is 16.8. The Balaban J connectivity index is 0.00000300. The number of carbonyl (C=O) groups excluding carboxylic acids is 1. The van der Waals surface area contributed by atoms with Gasteiger partial charge in [-0.2, -0.15) is 0 Å². The van der Waals surface area contributed by atoms with Gasteiger partial charge in [0.15, 0.2) is 0 Å². The van der Waals surface area contributed by atoms with Crippen molar-refractivity contribution in [2.45, 2.75) is 19.0 Å². The van der Waals surface area contributed by atoms with Crippen molar-refractivity contribution in [3.63, 3.8) is 0 Å². The number of carbonyl (C=O) groups is 1. The Labute approximate surface area is 179 Å². The van der Waals surface area contributed by atoms with Gasteiger partial charge in [-0.25, -0.2) is 0 Å². The number of nitrogens with zero attached hydrogens (tertiary/aromatic N) is 1. The largest absolute Gasteiger partial charge is 0.497 e. The Morgan fingerprint density at radius 2 is 1.59 bits per heavy atom. The number of benzene rings is 2. The molecule has 2 aromatic rings. The van der Waals surface area contributed by atoms with Crippen LogP contribution >= 0.6 is 12.4 Å². The first-order chi connectivity index (χ1) is 13.6. The number of methoxy groups -OCH3 is 2. The summed E-state index contributed by atoms with van der Waals surface area (Å²) in [5.41, 5.74) is 2.01. The van der Waals surface area contributed by atoms with Crippen LogP contribution in [0.15, 0.2) is 48.5 Å². The molecule has 2 aromatic carbocycles. The molecule has 1 atom stereocenters. The van der Waals surface area contributed by atoms with E-state index < -0.39 is 0 Å². The van der Waals surface area contributed by atoms with Crippen molar-refractivity contribution in [1.82, 2.24) is 15.5 Å². The molecule has 0 spiro atoms. The molecule has 0 unspecified atom stereocenters. The van der Waals surface area contributed by atoms with Gasteiger partial charge in [-0.05, 0) is 42.3 Å². The standard InChI is InChI=1S/C22H29N3O3.ClH/c1-16-14-23-12-13-25(16)15-21(26)24-22(17-4-8-19(27-2)9-5-17)18-6-10-20(28-3)11-7-18;/h4-11,16,22-23H,12-15H2,1-3H3,(H,24,26);1H/t16-;/m0./s1. The number of nitrogens with one attached hydrogen (secondary N) is 2. The first-order valence-corrected chi connectivity index (χ1v) is 9.62. The Kier molecular flexibility index (Phi) is 8.76. The summed E-state index contributed by atoms with van der Waals surface area (Å²) in [7, 11) is 3.29. The lowest BCUT2D eigenvalue weighted by atomic mass is 9.98. The fourth-order valence-corrected chi connectivity index (χ4v) is 3.46. The minimum Gasteiger partial charge on any atom is -0.497 e. The fourth-order valence-electron chi connectivity index (χ4n) is 3.46. The van der Waals surface area contributed by atoms with Crippen LogP contribution in [0, 0.1) is 0 Å². The Hall–Kier alpha value is -2.28. The SMILES string of the molecule is COc1ccc(C(NC(=O)CN2CCNC[C@@H]2C)c2ccc(OC)cc2)cc1.Cl. The van der Waals surface area contributed by atoms with E-state index >= 15 is 0 Å². The van der Waals surface area contributed by atoms with Crippen molar-refractivity contribution in [3.8, 4) is 11.5 Å². The van der Waals surface area contributed by atoms with Gasteiger partial charge in [0.25, 0.3) is 0 Å². The molecule has 1 fully saturated rings. The fraction of sp³-hybridized carbons (Fsp3) is 0.409. The first kappa shape index (κ1) is 23.0. The average molecular weight is 420 g/mol. The summed E-state index contributed by atoms with van der Waals surface area (Å²) in [6.45, 7) is 5.24. The number of hydrogen-bond donors (Lipinski definition) is 2. The van der Waals surface area contributed by atoms with Crippen molar-refractivity contribution in [1.29, 1.82) is 0 Å². The maximum Gasteiger partial charge on any atom is 0.234 e. The highest BCUT2D eigenvalue weighted by atomic mass is 35.5. The monoisotopic (exact) mass is 419 g/mol. The van der Waals surface area contributed by atoms with Crippen LogP contribution < -0.4 is 20.1 Å². The maximum atomic E-state index is 12.8. The lowest BCUT2D eigenvalue weighted by Gasteiger charge is -2.33. The minimum atomic E-state index is -0.234. The van der Waals surface area contributed by atoms with Gasteiger partial charge < -0.3 is 20.1 Å². The van der Waals surface area contributed by atoms with E-state index in [2.05, 4.69) is 22.5 Å². The number of ether oxygens (including phenoxy) is 2. The molecular formula is C22H30ClN3O3. The molecule has 1 heterocycles. The van der Waals surface area contributed by atoms with Crippen molar-refractivity contribution in [2.24, 2.45) is 0 Å². The molecule has 0 aromatic heterocycles. The highest BCUT2D eigenvalue weighted by molar-refractivity contribution is 5.85. The van der Waals surface area contributed by atoms with E-state index in [0.29, 0.717) is 12.6 Å². The summed E-state index contributed by atoms with van der Waals surface area (Å²) in [6.07, 6.45) is 0. The second-order valence-electron chi connectivity index (χ2n) is 7.07. The summed E-state index contributed by atoms with van der Waals surface area (Å²) in [6, 6.07) is 15.7. The van der Waals surface area contributed by atoms with Crippen LogP contribution in [0.25, 0.3) is 0 Å². The zero-order valence-electron chi connectivity index (χ0n) is 17.2. The third-order valence-corrected chi connectivity index (χ3v) is 5.19. The summed E-state index contributed by atoms with van der Waals surface area (Å²) in [4.78, 5) is 15.1. The van der Waals surface area contributed by atoms with E-state index in [1.54, 1.807) is 14.2 Å². The van der Waals surface area contributed by atoms with Crippen molar-refractivity contribution >= 4 is 18.3 Å². The van der Waals surface area contributed by atoms with Gasteiger partial charge in [-0.15, -0.1) is 12.4 Å². The van der Waals surface area contributed by atoms with Gasteiger partial charge in [0.1, 0.15) is 11.5 Å². The maximum absolute atomic E-state index is 12.8. The van der Waals surface area contributed by atoms with Crippen LogP contribution in [0.2, 0.25) is 0 Å². The van der Waals surface area contributed by atoms with E-state index in [1.807, 2.05) is 48.5 Å². The quantitative estimate of drug-likeness (QED) is 0.722. The summed E-state index contributed by atoms with van der Waals surface area (Å²) < 4.78 is 10.5. The number of hydrogen-bond acceptors (Lipinski definition) is 5. The zero-order valence-corrected chi connectivity index (χ0v) is 18.0. The van der Waals surface area contributed by atoms with Crippen LogP contribution in [0.5, 0.6) is 11.5 Å². The van der Waals surface area contributed by atoms with Crippen LogP contribution in [0.3, 0.4) is 0 Å². The molecule has 0 aliphatic carbocycles. The molecule has 1 saturated heterocycles. The molecule has 29 heavy (non-hydrogen) atoms. The number of piperazine rings is 1. The Morgan fingerprint density at radius 1 is 1.07 bits per heavy atom. The Morgan fingerprint density at radius 3 is 2.03 bits per heavy atom. The highest BCUT2D eigenvalue weighted by Crippen LogP contribution is 2.26. The molecule has 7 heteroatoms. The lowest BCUT2D eigenvalue weighted by Crippen LogP contribution is -2.53. The third kappa shape index (κ3) is 6.10. The van der Waals surface area contributed by atoms with Crippen LogP contribution in [-0.2, 0) is 4.79 Å². The molecule has 2 N–H and O–H groups in total. The van der Waals surface area contributed by atoms with Crippen molar-refractivity contribution in [2.75, 3.05) is 40.4 Å². The van der Waals surface area contributed by atoms with E-state index in [1.165, 1.54) is 0 Å². The predicted molar refractivity (Wildman–Crippen MR) is 117 cm³/mol. The predicted octanol–water partition coefficient (Wildman–Crippen LogP) is 2.62. The molecule has 0 bridgehead atoms. The summed E-state index contributed by atoms with van der Waals surface area (Å²) in [5, 5.41) is 6.56. The van der Waals surface area contributed by atoms with Gasteiger partial charge >= 0.3 is 0 Å². The van der Waals surface area contributed by atoms with E-state index in [-0.39, 0.29) is 24.4 Å². The molecule has 6 nitrogen and oxygen atoms in total. The van der Waals surface area contributed by atoms with E-state index in [0.717, 1.165) is 42.3 Å². The van der Waals surface area contributed by atoms with E-state index in [4.69, 9.17) is 9.47 Å². The van der Waals surface area contributed by atoms with Crippen LogP contribution in [0.1, 0.15) is 24.1 Å². The molecule has 1 aliphatic heterocycles.